The number of amides is 1. The molecule has 0 saturated carbocycles. The molecule has 1 saturated heterocycles. The Labute approximate surface area is 136 Å². The summed E-state index contributed by atoms with van der Waals surface area (Å²) < 4.78 is 11.4. The lowest BCUT2D eigenvalue weighted by atomic mass is 10.0. The Hall–Kier alpha value is -2.11. The molecule has 3 rings (SSSR count). The van der Waals surface area contributed by atoms with E-state index in [1.54, 1.807) is 4.90 Å². The van der Waals surface area contributed by atoms with E-state index in [-0.39, 0.29) is 11.9 Å². The molecule has 1 aromatic carbocycles. The van der Waals surface area contributed by atoms with Gasteiger partial charge >= 0.3 is 0 Å². The van der Waals surface area contributed by atoms with E-state index in [2.05, 4.69) is 0 Å². The van der Waals surface area contributed by atoms with Gasteiger partial charge < -0.3 is 19.8 Å². The van der Waals surface area contributed by atoms with Gasteiger partial charge in [0.25, 0.3) is 0 Å². The van der Waals surface area contributed by atoms with Crippen LogP contribution in [-0.2, 0) is 16.0 Å². The van der Waals surface area contributed by atoms with Crippen LogP contribution >= 0.6 is 0 Å². The highest BCUT2D eigenvalue weighted by Crippen LogP contribution is 2.28. The van der Waals surface area contributed by atoms with Gasteiger partial charge in [0.2, 0.25) is 5.91 Å². The summed E-state index contributed by atoms with van der Waals surface area (Å²) in [7, 11) is 0. The van der Waals surface area contributed by atoms with E-state index in [4.69, 9.17) is 14.9 Å². The van der Waals surface area contributed by atoms with Crippen molar-refractivity contribution in [1.29, 1.82) is 0 Å². The molecule has 23 heavy (non-hydrogen) atoms. The molecule has 2 atom stereocenters. The largest absolute Gasteiger partial charge is 0.464 e. The average molecular weight is 314 g/mol. The normalized spacial score (nSPS) is 19.6. The molecule has 0 radical (unpaired) electrons. The highest BCUT2D eigenvalue weighted by molar-refractivity contribution is 5.83. The number of hydrogen-bond acceptors (Lipinski definition) is 4. The van der Waals surface area contributed by atoms with E-state index in [0.717, 1.165) is 23.5 Å². The van der Waals surface area contributed by atoms with Gasteiger partial charge in [0.1, 0.15) is 23.6 Å². The van der Waals surface area contributed by atoms with Crippen molar-refractivity contribution in [3.63, 3.8) is 0 Å². The molecule has 2 heterocycles. The Morgan fingerprint density at radius 2 is 2.09 bits per heavy atom. The molecule has 0 unspecified atom stereocenters. The summed E-state index contributed by atoms with van der Waals surface area (Å²) in [4.78, 5) is 14.6. The van der Waals surface area contributed by atoms with Gasteiger partial charge in [-0.1, -0.05) is 37.3 Å². The quantitative estimate of drug-likeness (QED) is 0.941. The average Bonchev–Trinajstić information content (AvgIpc) is 3.10. The van der Waals surface area contributed by atoms with Crippen LogP contribution in [0.2, 0.25) is 0 Å². The van der Waals surface area contributed by atoms with Crippen molar-refractivity contribution in [2.75, 3.05) is 19.8 Å². The molecule has 5 heteroatoms. The predicted molar refractivity (Wildman–Crippen MR) is 86.7 cm³/mol. The molecular formula is C18H22N2O3. The summed E-state index contributed by atoms with van der Waals surface area (Å²) in [5, 5.41) is 0. The number of ether oxygens (including phenoxy) is 1. The van der Waals surface area contributed by atoms with Gasteiger partial charge in [-0.15, -0.1) is 0 Å². The molecule has 1 aliphatic heterocycles. The van der Waals surface area contributed by atoms with Gasteiger partial charge in [0.05, 0.1) is 13.2 Å². The van der Waals surface area contributed by atoms with Gasteiger partial charge in [0.15, 0.2) is 0 Å². The van der Waals surface area contributed by atoms with E-state index in [0.29, 0.717) is 19.8 Å². The Balaban J connectivity index is 1.81. The van der Waals surface area contributed by atoms with Crippen molar-refractivity contribution in [2.24, 2.45) is 5.73 Å². The summed E-state index contributed by atoms with van der Waals surface area (Å²) in [6.07, 6.45) is 0.824. The fourth-order valence-electron chi connectivity index (χ4n) is 2.85. The van der Waals surface area contributed by atoms with E-state index >= 15 is 0 Å². The van der Waals surface area contributed by atoms with Crippen molar-refractivity contribution in [1.82, 2.24) is 4.90 Å². The first-order chi connectivity index (χ1) is 11.2. The first kappa shape index (κ1) is 15.8. The minimum atomic E-state index is -0.669. The van der Waals surface area contributed by atoms with Crippen molar-refractivity contribution in [3.8, 4) is 0 Å². The van der Waals surface area contributed by atoms with Crippen LogP contribution in [-0.4, -0.2) is 30.6 Å². The van der Waals surface area contributed by atoms with Crippen LogP contribution in [0.1, 0.15) is 36.1 Å². The fourth-order valence-corrected chi connectivity index (χ4v) is 2.85. The second-order valence-electron chi connectivity index (χ2n) is 5.67. The maximum atomic E-state index is 12.9. The van der Waals surface area contributed by atoms with Crippen molar-refractivity contribution < 1.29 is 13.9 Å². The van der Waals surface area contributed by atoms with Crippen LogP contribution in [0, 0.1) is 0 Å². The third kappa shape index (κ3) is 3.30. The highest BCUT2D eigenvalue weighted by Gasteiger charge is 2.33. The molecule has 0 bridgehead atoms. The molecule has 1 amide bonds. The van der Waals surface area contributed by atoms with E-state index in [1.165, 1.54) is 0 Å². The third-order valence-corrected chi connectivity index (χ3v) is 4.20. The number of carbonyl (C=O) groups is 1. The fraction of sp³-hybridized carbons (Fsp3) is 0.389. The first-order valence-electron chi connectivity index (χ1n) is 7.98. The highest BCUT2D eigenvalue weighted by atomic mass is 16.5. The van der Waals surface area contributed by atoms with E-state index in [1.807, 2.05) is 49.4 Å². The number of benzene rings is 1. The monoisotopic (exact) mass is 314 g/mol. The molecule has 1 fully saturated rings. The van der Waals surface area contributed by atoms with E-state index in [9.17, 15) is 4.79 Å². The standard InChI is InChI=1S/C18H22N2O3/c1-2-14-8-9-16(23-14)15-12-22-11-10-20(15)18(21)17(19)13-6-4-3-5-7-13/h3-9,15,17H,2,10-12,19H2,1H3/t15-,17-/m1/s1. The van der Waals surface area contributed by atoms with Crippen LogP contribution in [0.4, 0.5) is 0 Å². The SMILES string of the molecule is CCc1ccc([C@H]2COCCN2C(=O)[C@H](N)c2ccccc2)o1. The van der Waals surface area contributed by atoms with Gasteiger partial charge in [-0.05, 0) is 17.7 Å². The minimum absolute atomic E-state index is 0.0982. The Morgan fingerprint density at radius 1 is 1.30 bits per heavy atom. The lowest BCUT2D eigenvalue weighted by Crippen LogP contribution is -2.47. The van der Waals surface area contributed by atoms with Gasteiger partial charge in [-0.2, -0.15) is 0 Å². The number of aryl methyl sites for hydroxylation is 1. The van der Waals surface area contributed by atoms with Crippen LogP contribution < -0.4 is 5.73 Å². The molecule has 1 aliphatic rings. The van der Waals surface area contributed by atoms with Gasteiger partial charge in [-0.3, -0.25) is 4.79 Å². The maximum absolute atomic E-state index is 12.9. The van der Waals surface area contributed by atoms with Crippen molar-refractivity contribution in [3.05, 3.63) is 59.5 Å². The van der Waals surface area contributed by atoms with Crippen LogP contribution in [0.5, 0.6) is 0 Å². The molecular weight excluding hydrogens is 292 g/mol. The number of carbonyl (C=O) groups excluding carboxylic acids is 1. The Morgan fingerprint density at radius 3 is 2.78 bits per heavy atom. The zero-order valence-electron chi connectivity index (χ0n) is 13.3. The predicted octanol–water partition coefficient (Wildman–Crippen LogP) is 2.44. The molecule has 5 nitrogen and oxygen atoms in total. The molecule has 1 aromatic heterocycles. The molecule has 0 aliphatic carbocycles. The summed E-state index contributed by atoms with van der Waals surface area (Å²) in [5.41, 5.74) is 6.99. The molecule has 2 aromatic rings. The number of rotatable bonds is 4. The number of morpholine rings is 1. The third-order valence-electron chi connectivity index (χ3n) is 4.20. The maximum Gasteiger partial charge on any atom is 0.244 e. The van der Waals surface area contributed by atoms with E-state index < -0.39 is 6.04 Å². The summed E-state index contributed by atoms with van der Waals surface area (Å²) in [5.74, 6) is 1.57. The Kier molecular flexibility index (Phi) is 4.79. The van der Waals surface area contributed by atoms with Crippen LogP contribution in [0.25, 0.3) is 0 Å². The zero-order chi connectivity index (χ0) is 16.2. The summed E-state index contributed by atoms with van der Waals surface area (Å²) in [6, 6.07) is 12.4. The van der Waals surface area contributed by atoms with Crippen LogP contribution in [0.3, 0.4) is 0 Å². The number of hydrogen-bond donors (Lipinski definition) is 1. The zero-order valence-corrected chi connectivity index (χ0v) is 13.3. The number of nitrogens with zero attached hydrogens (tertiary/aromatic N) is 1. The van der Waals surface area contributed by atoms with Crippen LogP contribution in [0.15, 0.2) is 46.9 Å². The molecule has 2 N–H and O–H groups in total. The second kappa shape index (κ2) is 6.98. The Bertz CT molecular complexity index is 653. The lowest BCUT2D eigenvalue weighted by Gasteiger charge is -2.36. The topological polar surface area (TPSA) is 68.7 Å². The van der Waals surface area contributed by atoms with Crippen molar-refractivity contribution in [2.45, 2.75) is 25.4 Å². The smallest absolute Gasteiger partial charge is 0.244 e. The summed E-state index contributed by atoms with van der Waals surface area (Å²) >= 11 is 0. The lowest BCUT2D eigenvalue weighted by molar-refractivity contribution is -0.142. The van der Waals surface area contributed by atoms with Crippen molar-refractivity contribution >= 4 is 5.91 Å². The molecule has 0 spiro atoms. The number of nitrogens with two attached hydrogens (primary N) is 1. The summed E-state index contributed by atoms with van der Waals surface area (Å²) in [6.45, 7) is 3.51. The number of furan rings is 1. The van der Waals surface area contributed by atoms with Gasteiger partial charge in [0, 0.05) is 13.0 Å². The minimum Gasteiger partial charge on any atom is -0.464 e. The van der Waals surface area contributed by atoms with Gasteiger partial charge in [-0.25, -0.2) is 0 Å². The first-order valence-corrected chi connectivity index (χ1v) is 7.98. The second-order valence-corrected chi connectivity index (χ2v) is 5.67. The molecule has 122 valence electrons.